The predicted molar refractivity (Wildman–Crippen MR) is 107 cm³/mol. The number of carbonyl (C=O) groups is 3. The Morgan fingerprint density at radius 1 is 0.897 bits per heavy atom. The van der Waals surface area contributed by atoms with Crippen LogP contribution >= 0.6 is 0 Å². The summed E-state index contributed by atoms with van der Waals surface area (Å²) in [6.45, 7) is -0.324. The Bertz CT molecular complexity index is 1010. The molecule has 0 aliphatic carbocycles. The van der Waals surface area contributed by atoms with Gasteiger partial charge in [-0.2, -0.15) is 0 Å². The summed E-state index contributed by atoms with van der Waals surface area (Å²) in [5, 5.41) is 15.9. The van der Waals surface area contributed by atoms with Gasteiger partial charge in [0.2, 0.25) is 0 Å². The lowest BCUT2D eigenvalue weighted by Gasteiger charge is -2.03. The maximum atomic E-state index is 11.8. The molecule has 0 aliphatic rings. The number of amides is 4. The van der Waals surface area contributed by atoms with Crippen LogP contribution in [-0.2, 0) is 4.79 Å². The van der Waals surface area contributed by atoms with Crippen molar-refractivity contribution in [1.29, 1.82) is 0 Å². The predicted octanol–water partition coefficient (Wildman–Crippen LogP) is 1.08. The smallest absolute Gasteiger partial charge is 0.318 e. The number of hydrogen-bond donors (Lipinski definition) is 5. The number of rotatable bonds is 4. The van der Waals surface area contributed by atoms with Crippen LogP contribution in [0, 0.1) is 23.7 Å². The Hall–Kier alpha value is -4.27. The van der Waals surface area contributed by atoms with Gasteiger partial charge in [-0.3, -0.25) is 14.8 Å². The molecule has 0 aromatic heterocycles. The fraction of sp³-hybridized carbons (Fsp3) is 0.0952. The molecule has 8 heteroatoms. The quantitative estimate of drug-likeness (QED) is 0.305. The SMILES string of the molecule is CNC(=O)Nc1ccc(C#CC#Cc2ccc(C(=O)NCC(=O)NO)cc2)cc1. The summed E-state index contributed by atoms with van der Waals surface area (Å²) < 4.78 is 0. The Kier molecular flexibility index (Phi) is 7.82. The number of benzene rings is 2. The number of hydrogen-bond acceptors (Lipinski definition) is 4. The van der Waals surface area contributed by atoms with Gasteiger partial charge in [0, 0.05) is 29.4 Å². The van der Waals surface area contributed by atoms with E-state index in [0.717, 1.165) is 5.56 Å². The standard InChI is InChI=1S/C21H18N4O4/c1-22-21(28)24-18-12-8-16(9-13-18)5-3-2-4-15-6-10-17(11-7-15)20(27)23-14-19(26)25-29/h6-13,29H,14H2,1H3,(H,23,27)(H,25,26)(H2,22,24,28). The molecule has 0 radical (unpaired) electrons. The molecule has 0 bridgehead atoms. The lowest BCUT2D eigenvalue weighted by Crippen LogP contribution is -2.35. The van der Waals surface area contributed by atoms with Gasteiger partial charge < -0.3 is 16.0 Å². The average Bonchev–Trinajstić information content (AvgIpc) is 2.76. The van der Waals surface area contributed by atoms with Gasteiger partial charge in [0.25, 0.3) is 11.8 Å². The summed E-state index contributed by atoms with van der Waals surface area (Å²) in [5.41, 5.74) is 3.87. The molecule has 4 amide bonds. The molecule has 0 saturated carbocycles. The largest absolute Gasteiger partial charge is 0.343 e. The first-order valence-corrected chi connectivity index (χ1v) is 8.44. The monoisotopic (exact) mass is 390 g/mol. The highest BCUT2D eigenvalue weighted by Gasteiger charge is 2.06. The fourth-order valence-electron chi connectivity index (χ4n) is 2.04. The highest BCUT2D eigenvalue weighted by atomic mass is 16.5. The molecular weight excluding hydrogens is 372 g/mol. The zero-order chi connectivity index (χ0) is 21.1. The second-order valence-corrected chi connectivity index (χ2v) is 5.58. The summed E-state index contributed by atoms with van der Waals surface area (Å²) >= 11 is 0. The van der Waals surface area contributed by atoms with Crippen molar-refractivity contribution in [3.05, 3.63) is 65.2 Å². The van der Waals surface area contributed by atoms with Crippen molar-refractivity contribution in [3.63, 3.8) is 0 Å². The lowest BCUT2D eigenvalue weighted by molar-refractivity contribution is -0.128. The normalized spacial score (nSPS) is 9.03. The zero-order valence-electron chi connectivity index (χ0n) is 15.5. The van der Waals surface area contributed by atoms with Crippen LogP contribution in [0.3, 0.4) is 0 Å². The third-order valence-corrected chi connectivity index (χ3v) is 3.53. The van der Waals surface area contributed by atoms with Gasteiger partial charge in [-0.1, -0.05) is 11.8 Å². The summed E-state index contributed by atoms with van der Waals surface area (Å²) in [5.74, 6) is 10.1. The van der Waals surface area contributed by atoms with Gasteiger partial charge in [0.15, 0.2) is 0 Å². The third kappa shape index (κ3) is 7.10. The number of urea groups is 1. The van der Waals surface area contributed by atoms with Crippen LogP contribution in [-0.4, -0.2) is 36.6 Å². The topological polar surface area (TPSA) is 120 Å². The maximum absolute atomic E-state index is 11.8. The van der Waals surface area contributed by atoms with Crippen molar-refractivity contribution in [2.45, 2.75) is 0 Å². The minimum Gasteiger partial charge on any atom is -0.343 e. The average molecular weight is 390 g/mol. The van der Waals surface area contributed by atoms with Crippen LogP contribution in [0.25, 0.3) is 0 Å². The van der Waals surface area contributed by atoms with Crippen LogP contribution in [0.1, 0.15) is 21.5 Å². The van der Waals surface area contributed by atoms with Crippen molar-refractivity contribution in [2.75, 3.05) is 18.9 Å². The number of nitrogens with one attached hydrogen (secondary N) is 4. The van der Waals surface area contributed by atoms with E-state index in [9.17, 15) is 14.4 Å². The van der Waals surface area contributed by atoms with Gasteiger partial charge in [0.1, 0.15) is 0 Å². The van der Waals surface area contributed by atoms with E-state index in [4.69, 9.17) is 5.21 Å². The number of carbonyl (C=O) groups excluding carboxylic acids is 3. The third-order valence-electron chi connectivity index (χ3n) is 3.53. The second kappa shape index (κ2) is 10.8. The van der Waals surface area contributed by atoms with Gasteiger partial charge in [-0.15, -0.1) is 0 Å². The van der Waals surface area contributed by atoms with Crippen LogP contribution in [0.15, 0.2) is 48.5 Å². The van der Waals surface area contributed by atoms with Gasteiger partial charge >= 0.3 is 6.03 Å². The van der Waals surface area contributed by atoms with Crippen LogP contribution < -0.4 is 21.4 Å². The first-order valence-electron chi connectivity index (χ1n) is 8.44. The molecule has 29 heavy (non-hydrogen) atoms. The molecule has 2 rings (SSSR count). The van der Waals surface area contributed by atoms with Gasteiger partial charge in [-0.05, 0) is 60.4 Å². The summed E-state index contributed by atoms with van der Waals surface area (Å²) in [7, 11) is 1.54. The van der Waals surface area contributed by atoms with Crippen molar-refractivity contribution in [1.82, 2.24) is 16.1 Å². The minimum absolute atomic E-state index is 0.297. The molecule has 0 spiro atoms. The Morgan fingerprint density at radius 2 is 1.45 bits per heavy atom. The summed E-state index contributed by atoms with van der Waals surface area (Å²) in [4.78, 5) is 34.0. The van der Waals surface area contributed by atoms with Crippen LogP contribution in [0.2, 0.25) is 0 Å². The molecule has 2 aromatic carbocycles. The molecule has 5 N–H and O–H groups in total. The van der Waals surface area contributed by atoms with Gasteiger partial charge in [-0.25, -0.2) is 10.3 Å². The molecular formula is C21H18N4O4. The van der Waals surface area contributed by atoms with Crippen LogP contribution in [0.4, 0.5) is 10.5 Å². The zero-order valence-corrected chi connectivity index (χ0v) is 15.5. The van der Waals surface area contributed by atoms with E-state index in [0.29, 0.717) is 16.8 Å². The van der Waals surface area contributed by atoms with Crippen LogP contribution in [0.5, 0.6) is 0 Å². The van der Waals surface area contributed by atoms with Crippen molar-refractivity contribution in [2.24, 2.45) is 0 Å². The Morgan fingerprint density at radius 3 is 1.97 bits per heavy atom. The van der Waals surface area contributed by atoms with E-state index in [1.54, 1.807) is 48.5 Å². The fourth-order valence-corrected chi connectivity index (χ4v) is 2.04. The minimum atomic E-state index is -0.711. The van der Waals surface area contributed by atoms with Crippen molar-refractivity contribution < 1.29 is 19.6 Å². The number of anilines is 1. The Labute approximate surface area is 167 Å². The van der Waals surface area contributed by atoms with E-state index < -0.39 is 11.8 Å². The molecule has 0 unspecified atom stereocenters. The molecule has 0 heterocycles. The highest BCUT2D eigenvalue weighted by Crippen LogP contribution is 2.08. The molecule has 2 aromatic rings. The molecule has 0 atom stereocenters. The highest BCUT2D eigenvalue weighted by molar-refractivity contribution is 5.96. The molecule has 0 aliphatic heterocycles. The molecule has 8 nitrogen and oxygen atoms in total. The van der Waals surface area contributed by atoms with Crippen molar-refractivity contribution >= 4 is 23.5 Å². The molecule has 0 saturated heterocycles. The van der Waals surface area contributed by atoms with Gasteiger partial charge in [0.05, 0.1) is 6.54 Å². The van der Waals surface area contributed by atoms with Crippen molar-refractivity contribution in [3.8, 4) is 23.7 Å². The Balaban J connectivity index is 1.93. The maximum Gasteiger partial charge on any atom is 0.318 e. The first kappa shape index (κ1) is 21.0. The van der Waals surface area contributed by atoms with E-state index in [2.05, 4.69) is 39.6 Å². The van der Waals surface area contributed by atoms with E-state index >= 15 is 0 Å². The van der Waals surface area contributed by atoms with E-state index in [-0.39, 0.29) is 12.6 Å². The molecule has 0 fully saturated rings. The van der Waals surface area contributed by atoms with E-state index in [1.165, 1.54) is 12.5 Å². The first-order chi connectivity index (χ1) is 14.0. The summed E-state index contributed by atoms with van der Waals surface area (Å²) in [6.07, 6.45) is 0. The lowest BCUT2D eigenvalue weighted by atomic mass is 10.1. The second-order valence-electron chi connectivity index (χ2n) is 5.58. The molecule has 146 valence electrons. The summed E-state index contributed by atoms with van der Waals surface area (Å²) in [6, 6.07) is 13.2. The number of hydroxylamine groups is 1. The van der Waals surface area contributed by atoms with E-state index in [1.807, 2.05) is 0 Å².